The number of hydrogen-bond acceptors (Lipinski definition) is 4. The monoisotopic (exact) mass is 300 g/mol. The van der Waals surface area contributed by atoms with E-state index in [0.717, 1.165) is 5.56 Å². The molecule has 6 nitrogen and oxygen atoms in total. The zero-order valence-corrected chi connectivity index (χ0v) is 12.3. The standard InChI is InChI=1S/C16H16N2O4/c1-11(16(20)21)22-14-6-4-13(5-7-14)15(19)8-3-12-9-17-18(2)10-12/h3-11H,1-2H3,(H,20,21)/b8-3+/t11-/m1/s1. The number of aryl methyl sites for hydroxylation is 1. The van der Waals surface area contributed by atoms with Crippen LogP contribution in [0.15, 0.2) is 42.7 Å². The van der Waals surface area contributed by atoms with Crippen molar-refractivity contribution in [1.82, 2.24) is 9.78 Å². The van der Waals surface area contributed by atoms with E-state index in [9.17, 15) is 9.59 Å². The third-order valence-electron chi connectivity index (χ3n) is 2.95. The number of rotatable bonds is 6. The van der Waals surface area contributed by atoms with Crippen LogP contribution in [0, 0.1) is 0 Å². The van der Waals surface area contributed by atoms with Crippen LogP contribution in [0.3, 0.4) is 0 Å². The van der Waals surface area contributed by atoms with Crippen molar-refractivity contribution in [2.24, 2.45) is 7.05 Å². The van der Waals surface area contributed by atoms with Crippen molar-refractivity contribution in [2.45, 2.75) is 13.0 Å². The fourth-order valence-electron chi connectivity index (χ4n) is 1.75. The summed E-state index contributed by atoms with van der Waals surface area (Å²) in [5, 5.41) is 12.8. The Hall–Kier alpha value is -2.89. The maximum atomic E-state index is 12.0. The molecule has 2 rings (SSSR count). The summed E-state index contributed by atoms with van der Waals surface area (Å²) in [4.78, 5) is 22.7. The van der Waals surface area contributed by atoms with Crippen LogP contribution in [0.2, 0.25) is 0 Å². The minimum absolute atomic E-state index is 0.151. The van der Waals surface area contributed by atoms with Gasteiger partial charge < -0.3 is 9.84 Å². The Balaban J connectivity index is 2.02. The van der Waals surface area contributed by atoms with Crippen molar-refractivity contribution in [3.8, 4) is 5.75 Å². The van der Waals surface area contributed by atoms with Gasteiger partial charge in [0, 0.05) is 24.4 Å². The van der Waals surface area contributed by atoms with Gasteiger partial charge in [-0.2, -0.15) is 5.10 Å². The van der Waals surface area contributed by atoms with E-state index in [1.807, 2.05) is 0 Å². The number of ether oxygens (including phenoxy) is 1. The molecule has 2 aromatic rings. The van der Waals surface area contributed by atoms with Gasteiger partial charge in [-0.1, -0.05) is 0 Å². The summed E-state index contributed by atoms with van der Waals surface area (Å²) < 4.78 is 6.86. The second kappa shape index (κ2) is 6.71. The van der Waals surface area contributed by atoms with Crippen molar-refractivity contribution < 1.29 is 19.4 Å². The van der Waals surface area contributed by atoms with Gasteiger partial charge in [-0.15, -0.1) is 0 Å². The van der Waals surface area contributed by atoms with E-state index < -0.39 is 12.1 Å². The van der Waals surface area contributed by atoms with Crippen molar-refractivity contribution in [1.29, 1.82) is 0 Å². The molecule has 0 saturated heterocycles. The van der Waals surface area contributed by atoms with Gasteiger partial charge in [0.05, 0.1) is 6.20 Å². The molecule has 0 unspecified atom stereocenters. The lowest BCUT2D eigenvalue weighted by Gasteiger charge is -2.10. The molecule has 1 heterocycles. The van der Waals surface area contributed by atoms with E-state index >= 15 is 0 Å². The van der Waals surface area contributed by atoms with E-state index in [-0.39, 0.29) is 5.78 Å². The molecule has 22 heavy (non-hydrogen) atoms. The molecule has 0 spiro atoms. The zero-order valence-electron chi connectivity index (χ0n) is 12.3. The fraction of sp³-hybridized carbons (Fsp3) is 0.188. The lowest BCUT2D eigenvalue weighted by Crippen LogP contribution is -2.22. The Morgan fingerprint density at radius 3 is 2.55 bits per heavy atom. The van der Waals surface area contributed by atoms with Crippen LogP contribution in [0.5, 0.6) is 5.75 Å². The topological polar surface area (TPSA) is 81.4 Å². The maximum Gasteiger partial charge on any atom is 0.344 e. The molecule has 0 bridgehead atoms. The second-order valence-electron chi connectivity index (χ2n) is 4.77. The summed E-state index contributed by atoms with van der Waals surface area (Å²) in [7, 11) is 1.80. The highest BCUT2D eigenvalue weighted by molar-refractivity contribution is 6.06. The minimum Gasteiger partial charge on any atom is -0.479 e. The molecular weight excluding hydrogens is 284 g/mol. The molecule has 0 radical (unpaired) electrons. The number of benzene rings is 1. The maximum absolute atomic E-state index is 12.0. The van der Waals surface area contributed by atoms with Gasteiger partial charge in [-0.25, -0.2) is 4.79 Å². The third kappa shape index (κ3) is 4.05. The van der Waals surface area contributed by atoms with Gasteiger partial charge in [0.1, 0.15) is 5.75 Å². The van der Waals surface area contributed by atoms with Gasteiger partial charge in [-0.05, 0) is 43.3 Å². The Kier molecular flexibility index (Phi) is 4.73. The Labute approximate surface area is 127 Å². The van der Waals surface area contributed by atoms with Crippen LogP contribution in [-0.2, 0) is 11.8 Å². The number of carboxylic acid groups (broad SMARTS) is 1. The molecule has 114 valence electrons. The quantitative estimate of drug-likeness (QED) is 0.653. The average Bonchev–Trinajstić information content (AvgIpc) is 2.91. The number of nitrogens with zero attached hydrogens (tertiary/aromatic N) is 2. The first-order valence-corrected chi connectivity index (χ1v) is 6.66. The highest BCUT2D eigenvalue weighted by Crippen LogP contribution is 2.15. The summed E-state index contributed by atoms with van der Waals surface area (Å²) >= 11 is 0. The molecular formula is C16H16N2O4. The van der Waals surface area contributed by atoms with Crippen LogP contribution in [0.25, 0.3) is 6.08 Å². The summed E-state index contributed by atoms with van der Waals surface area (Å²) in [6.45, 7) is 1.44. The zero-order chi connectivity index (χ0) is 16.1. The molecule has 1 atom stereocenters. The second-order valence-corrected chi connectivity index (χ2v) is 4.77. The minimum atomic E-state index is -1.04. The summed E-state index contributed by atoms with van der Waals surface area (Å²) in [5.41, 5.74) is 1.33. The lowest BCUT2D eigenvalue weighted by molar-refractivity contribution is -0.144. The van der Waals surface area contributed by atoms with Crippen LogP contribution >= 0.6 is 0 Å². The SMILES string of the molecule is C[C@@H](Oc1ccc(C(=O)/C=C/c2cnn(C)c2)cc1)C(=O)O. The summed E-state index contributed by atoms with van der Waals surface area (Å²) in [5.74, 6) is -0.788. The number of carbonyl (C=O) groups is 2. The first-order chi connectivity index (χ1) is 10.5. The van der Waals surface area contributed by atoms with Crippen molar-refractivity contribution in [3.05, 3.63) is 53.9 Å². The predicted molar refractivity (Wildman–Crippen MR) is 80.7 cm³/mol. The third-order valence-corrected chi connectivity index (χ3v) is 2.95. The number of allylic oxidation sites excluding steroid dienone is 1. The van der Waals surface area contributed by atoms with Gasteiger partial charge >= 0.3 is 5.97 Å². The van der Waals surface area contributed by atoms with Crippen LogP contribution in [-0.4, -0.2) is 32.7 Å². The van der Waals surface area contributed by atoms with E-state index in [0.29, 0.717) is 11.3 Å². The molecule has 6 heteroatoms. The van der Waals surface area contributed by atoms with Gasteiger partial charge in [0.2, 0.25) is 0 Å². The molecule has 0 aliphatic rings. The number of hydrogen-bond donors (Lipinski definition) is 1. The smallest absolute Gasteiger partial charge is 0.344 e. The Bertz CT molecular complexity index is 701. The number of ketones is 1. The normalized spacial score (nSPS) is 12.3. The van der Waals surface area contributed by atoms with E-state index in [2.05, 4.69) is 5.10 Å². The van der Waals surface area contributed by atoms with Crippen molar-refractivity contribution >= 4 is 17.8 Å². The van der Waals surface area contributed by atoms with E-state index in [1.54, 1.807) is 54.5 Å². The Morgan fingerprint density at radius 2 is 2.00 bits per heavy atom. The van der Waals surface area contributed by atoms with E-state index in [4.69, 9.17) is 9.84 Å². The molecule has 0 saturated carbocycles. The highest BCUT2D eigenvalue weighted by Gasteiger charge is 2.12. The van der Waals surface area contributed by atoms with Crippen LogP contribution < -0.4 is 4.74 Å². The summed E-state index contributed by atoms with van der Waals surface area (Å²) in [6.07, 6.45) is 5.67. The average molecular weight is 300 g/mol. The van der Waals surface area contributed by atoms with Gasteiger partial charge in [0.15, 0.2) is 11.9 Å². The Morgan fingerprint density at radius 1 is 1.32 bits per heavy atom. The molecule has 1 N–H and O–H groups in total. The molecule has 0 aliphatic heterocycles. The van der Waals surface area contributed by atoms with Gasteiger partial charge in [-0.3, -0.25) is 9.48 Å². The van der Waals surface area contributed by atoms with Crippen molar-refractivity contribution in [3.63, 3.8) is 0 Å². The number of aromatic nitrogens is 2. The van der Waals surface area contributed by atoms with Crippen LogP contribution in [0.1, 0.15) is 22.8 Å². The van der Waals surface area contributed by atoms with Crippen molar-refractivity contribution in [2.75, 3.05) is 0 Å². The van der Waals surface area contributed by atoms with Crippen LogP contribution in [0.4, 0.5) is 0 Å². The highest BCUT2D eigenvalue weighted by atomic mass is 16.5. The van der Waals surface area contributed by atoms with Gasteiger partial charge in [0.25, 0.3) is 0 Å². The molecule has 1 aromatic heterocycles. The molecule has 0 aliphatic carbocycles. The molecule has 0 fully saturated rings. The largest absolute Gasteiger partial charge is 0.479 e. The fourth-order valence-corrected chi connectivity index (χ4v) is 1.75. The lowest BCUT2D eigenvalue weighted by atomic mass is 10.1. The summed E-state index contributed by atoms with van der Waals surface area (Å²) in [6, 6.07) is 6.34. The molecule has 1 aromatic carbocycles. The predicted octanol–water partition coefficient (Wildman–Crippen LogP) is 2.17. The first-order valence-electron chi connectivity index (χ1n) is 6.66. The number of aliphatic carboxylic acids is 1. The van der Waals surface area contributed by atoms with E-state index in [1.165, 1.54) is 13.0 Å². The first kappa shape index (κ1) is 15.5. The molecule has 0 amide bonds. The number of carboxylic acids is 1. The number of carbonyl (C=O) groups excluding carboxylic acids is 1.